The summed E-state index contributed by atoms with van der Waals surface area (Å²) in [4.78, 5) is 2.62. The van der Waals surface area contributed by atoms with Crippen LogP contribution in [0.3, 0.4) is 0 Å². The maximum atomic E-state index is 5.35. The Morgan fingerprint density at radius 2 is 1.33 bits per heavy atom. The normalized spacial score (nSPS) is 14.1. The lowest BCUT2D eigenvalue weighted by Gasteiger charge is -2.26. The number of aryl methyl sites for hydroxylation is 1. The van der Waals surface area contributed by atoms with Crippen LogP contribution in [0.5, 0.6) is 11.5 Å². The zero-order valence-electron chi connectivity index (χ0n) is 21.3. The Bertz CT molecular complexity index is 1170. The Morgan fingerprint density at radius 1 is 0.722 bits per heavy atom. The number of piperidine rings is 1. The summed E-state index contributed by atoms with van der Waals surface area (Å²) in [7, 11) is 3.37. The minimum Gasteiger partial charge on any atom is -0.497 e. The summed E-state index contributed by atoms with van der Waals surface area (Å²) in [5.41, 5.74) is 6.57. The molecule has 36 heavy (non-hydrogen) atoms. The summed E-state index contributed by atoms with van der Waals surface area (Å²) < 4.78 is 12.7. The molecule has 0 spiro atoms. The number of aromatic nitrogens is 2. The van der Waals surface area contributed by atoms with Gasteiger partial charge in [-0.25, -0.2) is 4.68 Å². The van der Waals surface area contributed by atoms with Crippen LogP contribution in [0.4, 0.5) is 0 Å². The van der Waals surface area contributed by atoms with E-state index in [9.17, 15) is 0 Å². The highest BCUT2D eigenvalue weighted by Gasteiger charge is 2.14. The number of hydrogen-bond donors (Lipinski definition) is 0. The first kappa shape index (κ1) is 24.1. The third kappa shape index (κ3) is 5.63. The van der Waals surface area contributed by atoms with Crippen molar-refractivity contribution in [1.29, 1.82) is 0 Å². The lowest BCUT2D eigenvalue weighted by atomic mass is 10.0. The first-order valence-electron chi connectivity index (χ1n) is 12.9. The summed E-state index contributed by atoms with van der Waals surface area (Å²) in [6, 6.07) is 27.2. The largest absolute Gasteiger partial charge is 0.497 e. The van der Waals surface area contributed by atoms with Gasteiger partial charge in [-0.1, -0.05) is 30.7 Å². The zero-order valence-corrected chi connectivity index (χ0v) is 21.3. The van der Waals surface area contributed by atoms with Gasteiger partial charge in [0, 0.05) is 11.1 Å². The molecule has 0 unspecified atom stereocenters. The van der Waals surface area contributed by atoms with Gasteiger partial charge in [0.05, 0.1) is 31.3 Å². The fourth-order valence-electron chi connectivity index (χ4n) is 4.94. The van der Waals surface area contributed by atoms with Crippen LogP contribution in [-0.4, -0.2) is 48.5 Å². The number of benzene rings is 3. The van der Waals surface area contributed by atoms with Gasteiger partial charge in [0.2, 0.25) is 0 Å². The van der Waals surface area contributed by atoms with Crippen molar-refractivity contribution in [2.75, 3.05) is 33.9 Å². The van der Waals surface area contributed by atoms with E-state index in [1.807, 2.05) is 41.1 Å². The summed E-state index contributed by atoms with van der Waals surface area (Å²) in [5, 5.41) is 5.02. The minimum absolute atomic E-state index is 0.827. The molecule has 2 heterocycles. The van der Waals surface area contributed by atoms with Gasteiger partial charge in [0.25, 0.3) is 0 Å². The lowest BCUT2D eigenvalue weighted by Crippen LogP contribution is -2.30. The van der Waals surface area contributed by atoms with Gasteiger partial charge in [0.1, 0.15) is 11.5 Å². The first-order chi connectivity index (χ1) is 17.7. The molecule has 0 amide bonds. The van der Waals surface area contributed by atoms with Crippen molar-refractivity contribution in [3.8, 4) is 39.7 Å². The Morgan fingerprint density at radius 3 is 1.97 bits per heavy atom. The third-order valence-corrected chi connectivity index (χ3v) is 7.05. The molecule has 5 nitrogen and oxygen atoms in total. The predicted molar refractivity (Wildman–Crippen MR) is 146 cm³/mol. The second-order valence-corrected chi connectivity index (χ2v) is 9.46. The molecule has 0 saturated carbocycles. The first-order valence-corrected chi connectivity index (χ1v) is 12.9. The van der Waals surface area contributed by atoms with Gasteiger partial charge in [-0.3, -0.25) is 0 Å². The van der Waals surface area contributed by atoms with E-state index >= 15 is 0 Å². The molecular weight excluding hydrogens is 446 g/mol. The van der Waals surface area contributed by atoms with Crippen molar-refractivity contribution in [2.45, 2.75) is 32.1 Å². The van der Waals surface area contributed by atoms with Crippen molar-refractivity contribution in [2.24, 2.45) is 0 Å². The van der Waals surface area contributed by atoms with Crippen LogP contribution < -0.4 is 9.47 Å². The molecule has 0 N–H and O–H groups in total. The molecule has 0 atom stereocenters. The second kappa shape index (κ2) is 11.4. The number of nitrogens with zero attached hydrogens (tertiary/aromatic N) is 3. The fraction of sp³-hybridized carbons (Fsp3) is 0.323. The molecule has 186 valence electrons. The molecule has 4 aromatic rings. The number of hydrogen-bond acceptors (Lipinski definition) is 4. The van der Waals surface area contributed by atoms with E-state index < -0.39 is 0 Å². The van der Waals surface area contributed by atoms with Crippen LogP contribution in [0.2, 0.25) is 0 Å². The van der Waals surface area contributed by atoms with Gasteiger partial charge in [-0.05, 0) is 105 Å². The molecule has 5 heteroatoms. The average molecular weight is 482 g/mol. The predicted octanol–water partition coefficient (Wildman–Crippen LogP) is 6.64. The number of methoxy groups -OCH3 is 2. The van der Waals surface area contributed by atoms with Gasteiger partial charge in [0.15, 0.2) is 0 Å². The molecule has 0 aliphatic carbocycles. The summed E-state index contributed by atoms with van der Waals surface area (Å²) in [6.07, 6.45) is 6.44. The Labute approximate surface area is 214 Å². The molecule has 5 rings (SSSR count). The standard InChI is InChI=1S/C31H35N3O2/c1-35-28-16-12-26(13-17-28)31-23-30(32-34(31)27-14-18-29(36-2)19-15-27)25-10-8-24(9-11-25)7-6-22-33-20-4-3-5-21-33/h8-19,23H,3-7,20-22H2,1-2H3. The molecule has 1 aromatic heterocycles. The number of rotatable bonds is 9. The molecular formula is C31H35N3O2. The van der Waals surface area contributed by atoms with Gasteiger partial charge >= 0.3 is 0 Å². The number of likely N-dealkylation sites (tertiary alicyclic amines) is 1. The maximum Gasteiger partial charge on any atom is 0.119 e. The van der Waals surface area contributed by atoms with Gasteiger partial charge in [-0.15, -0.1) is 0 Å². The lowest BCUT2D eigenvalue weighted by molar-refractivity contribution is 0.226. The van der Waals surface area contributed by atoms with Crippen molar-refractivity contribution < 1.29 is 9.47 Å². The minimum atomic E-state index is 0.827. The average Bonchev–Trinajstić information content (AvgIpc) is 3.40. The fourth-order valence-corrected chi connectivity index (χ4v) is 4.94. The topological polar surface area (TPSA) is 39.5 Å². The Balaban J connectivity index is 1.37. The molecule has 1 aliphatic rings. The van der Waals surface area contributed by atoms with Crippen molar-refractivity contribution in [3.05, 3.63) is 84.4 Å². The van der Waals surface area contributed by atoms with E-state index in [4.69, 9.17) is 14.6 Å². The Kier molecular flexibility index (Phi) is 7.67. The molecule has 3 aromatic carbocycles. The molecule has 0 bridgehead atoms. The van der Waals surface area contributed by atoms with Crippen LogP contribution >= 0.6 is 0 Å². The smallest absolute Gasteiger partial charge is 0.119 e. The Hall–Kier alpha value is -3.57. The molecule has 1 saturated heterocycles. The molecule has 0 radical (unpaired) electrons. The van der Waals surface area contributed by atoms with Crippen LogP contribution in [0.25, 0.3) is 28.2 Å². The van der Waals surface area contributed by atoms with Crippen molar-refractivity contribution >= 4 is 0 Å². The van der Waals surface area contributed by atoms with Gasteiger partial charge in [-0.2, -0.15) is 5.10 Å². The van der Waals surface area contributed by atoms with Crippen LogP contribution in [-0.2, 0) is 6.42 Å². The highest BCUT2D eigenvalue weighted by Crippen LogP contribution is 2.30. The van der Waals surface area contributed by atoms with E-state index in [2.05, 4.69) is 47.4 Å². The van der Waals surface area contributed by atoms with E-state index in [1.165, 1.54) is 50.9 Å². The monoisotopic (exact) mass is 481 g/mol. The van der Waals surface area contributed by atoms with Crippen LogP contribution in [0.1, 0.15) is 31.2 Å². The molecule has 1 aliphatic heterocycles. The SMILES string of the molecule is COc1ccc(-c2cc(-c3ccc(CCCN4CCCCC4)cc3)nn2-c2ccc(OC)cc2)cc1. The van der Waals surface area contributed by atoms with Crippen molar-refractivity contribution in [1.82, 2.24) is 14.7 Å². The van der Waals surface area contributed by atoms with E-state index in [-0.39, 0.29) is 0 Å². The van der Waals surface area contributed by atoms with Gasteiger partial charge < -0.3 is 14.4 Å². The zero-order chi connectivity index (χ0) is 24.7. The highest BCUT2D eigenvalue weighted by molar-refractivity contribution is 5.71. The second-order valence-electron chi connectivity index (χ2n) is 9.46. The van der Waals surface area contributed by atoms with Crippen LogP contribution in [0, 0.1) is 0 Å². The van der Waals surface area contributed by atoms with Crippen LogP contribution in [0.15, 0.2) is 78.9 Å². The van der Waals surface area contributed by atoms with E-state index in [0.29, 0.717) is 0 Å². The summed E-state index contributed by atoms with van der Waals surface area (Å²) >= 11 is 0. The quantitative estimate of drug-likeness (QED) is 0.269. The van der Waals surface area contributed by atoms with E-state index in [0.717, 1.165) is 46.1 Å². The molecule has 1 fully saturated rings. The summed E-state index contributed by atoms with van der Waals surface area (Å²) in [6.45, 7) is 3.75. The third-order valence-electron chi connectivity index (χ3n) is 7.05. The van der Waals surface area contributed by atoms with E-state index in [1.54, 1.807) is 14.2 Å². The van der Waals surface area contributed by atoms with Crippen molar-refractivity contribution in [3.63, 3.8) is 0 Å². The highest BCUT2D eigenvalue weighted by atomic mass is 16.5. The summed E-state index contributed by atoms with van der Waals surface area (Å²) in [5.74, 6) is 1.67. The maximum absolute atomic E-state index is 5.35. The number of ether oxygens (including phenoxy) is 2.